The number of anilines is 1. The fourth-order valence-electron chi connectivity index (χ4n) is 3.45. The molecule has 2 unspecified atom stereocenters. The summed E-state index contributed by atoms with van der Waals surface area (Å²) in [5, 5.41) is 15.0. The van der Waals surface area contributed by atoms with Crippen molar-refractivity contribution in [3.8, 4) is 24.8 Å². The van der Waals surface area contributed by atoms with Crippen LogP contribution < -0.4 is 10.6 Å². The van der Waals surface area contributed by atoms with Gasteiger partial charge in [0.05, 0.1) is 6.61 Å². The maximum Gasteiger partial charge on any atom is 0.408 e. The number of ether oxygens (including phenoxy) is 1. The van der Waals surface area contributed by atoms with Gasteiger partial charge in [-0.2, -0.15) is 0 Å². The Bertz CT molecular complexity index is 1180. The molecule has 0 aliphatic heterocycles. The third kappa shape index (κ3) is 7.11. The minimum absolute atomic E-state index is 0.387. The lowest BCUT2D eigenvalue weighted by Gasteiger charge is -2.30. The average Bonchev–Trinajstić information content (AvgIpc) is 2.81. The summed E-state index contributed by atoms with van der Waals surface area (Å²) in [7, 11) is 0. The third-order valence-corrected chi connectivity index (χ3v) is 5.18. The zero-order valence-electron chi connectivity index (χ0n) is 21.1. The van der Waals surface area contributed by atoms with Gasteiger partial charge < -0.3 is 20.5 Å². The average molecular weight is 490 g/mol. The quantitative estimate of drug-likeness (QED) is 0.409. The van der Waals surface area contributed by atoms with E-state index in [4.69, 9.17) is 17.6 Å². The Hall–Kier alpha value is -4.27. The van der Waals surface area contributed by atoms with E-state index in [0.717, 1.165) is 16.0 Å². The normalized spacial score (nSPS) is 12.3. The lowest BCUT2D eigenvalue weighted by atomic mass is 10.0. The highest BCUT2D eigenvalue weighted by molar-refractivity contribution is 6.00. The molecule has 188 valence electrons. The molecule has 0 saturated carbocycles. The molecule has 8 nitrogen and oxygen atoms in total. The summed E-state index contributed by atoms with van der Waals surface area (Å²) < 4.78 is 5.18. The highest BCUT2D eigenvalue weighted by Crippen LogP contribution is 2.26. The summed E-state index contributed by atoms with van der Waals surface area (Å²) in [6, 6.07) is 11.5. The Kier molecular flexibility index (Phi) is 9.26. The zero-order valence-corrected chi connectivity index (χ0v) is 21.1. The van der Waals surface area contributed by atoms with Crippen LogP contribution in [0.15, 0.2) is 42.5 Å². The molecule has 2 aromatic rings. The largest absolute Gasteiger partial charge is 0.444 e. The second-order valence-electron chi connectivity index (χ2n) is 9.14. The van der Waals surface area contributed by atoms with Crippen molar-refractivity contribution < 1.29 is 24.2 Å². The molecule has 3 amide bonds. The molecule has 0 heterocycles. The van der Waals surface area contributed by atoms with Crippen molar-refractivity contribution in [2.24, 2.45) is 0 Å². The van der Waals surface area contributed by atoms with Gasteiger partial charge in [0.25, 0.3) is 11.8 Å². The summed E-state index contributed by atoms with van der Waals surface area (Å²) in [6.45, 7) is 7.89. The van der Waals surface area contributed by atoms with Crippen LogP contribution in [-0.4, -0.2) is 46.2 Å². The molecule has 0 radical (unpaired) electrons. The van der Waals surface area contributed by atoms with Crippen LogP contribution in [0.2, 0.25) is 0 Å². The van der Waals surface area contributed by atoms with Crippen molar-refractivity contribution in [2.75, 3.05) is 11.9 Å². The standard InChI is InChI=1S/C28H31N3O5/c1-8-20-13-15-21(16-14-20)24(25(33)30-23-18(3)11-10-12-19(23)4)31(9-2)26(34)22(17-32)29-27(35)36-28(5,6)7/h1-2,10-16,22,24,32H,17H2,3-7H3,(H,29,35)(H,30,33). The molecule has 0 aromatic heterocycles. The highest BCUT2D eigenvalue weighted by Gasteiger charge is 2.36. The first-order valence-corrected chi connectivity index (χ1v) is 11.2. The lowest BCUT2D eigenvalue weighted by molar-refractivity contribution is -0.137. The summed E-state index contributed by atoms with van der Waals surface area (Å²) in [5.41, 5.74) is 2.36. The number of para-hydroxylation sites is 1. The Balaban J connectivity index is 2.47. The summed E-state index contributed by atoms with van der Waals surface area (Å²) in [6.07, 6.45) is 10.2. The van der Waals surface area contributed by atoms with Gasteiger partial charge in [0.1, 0.15) is 17.7 Å². The number of nitrogens with one attached hydrogen (secondary N) is 2. The van der Waals surface area contributed by atoms with E-state index in [2.05, 4.69) is 22.6 Å². The molecular formula is C28H31N3O5. The summed E-state index contributed by atoms with van der Waals surface area (Å²) >= 11 is 0. The predicted octanol–water partition coefficient (Wildman–Crippen LogP) is 3.27. The van der Waals surface area contributed by atoms with E-state index < -0.39 is 42.2 Å². The first-order valence-electron chi connectivity index (χ1n) is 11.2. The van der Waals surface area contributed by atoms with Crippen molar-refractivity contribution in [3.05, 3.63) is 64.7 Å². The number of aliphatic hydroxyl groups excluding tert-OH is 1. The highest BCUT2D eigenvalue weighted by atomic mass is 16.6. The van der Waals surface area contributed by atoms with E-state index in [9.17, 15) is 19.5 Å². The molecule has 0 fully saturated rings. The Morgan fingerprint density at radius 3 is 2.11 bits per heavy atom. The molecule has 0 aliphatic rings. The topological polar surface area (TPSA) is 108 Å². The van der Waals surface area contributed by atoms with Crippen molar-refractivity contribution in [3.63, 3.8) is 0 Å². The number of benzene rings is 2. The number of carbonyl (C=O) groups excluding carboxylic acids is 3. The van der Waals surface area contributed by atoms with E-state index in [1.807, 2.05) is 32.0 Å². The van der Waals surface area contributed by atoms with Crippen molar-refractivity contribution in [1.82, 2.24) is 10.2 Å². The number of hydrogen-bond donors (Lipinski definition) is 3. The second kappa shape index (κ2) is 11.9. The predicted molar refractivity (Wildman–Crippen MR) is 138 cm³/mol. The number of nitrogens with zero attached hydrogens (tertiary/aromatic N) is 1. The zero-order chi connectivity index (χ0) is 27.0. The van der Waals surface area contributed by atoms with Crippen LogP contribution in [-0.2, 0) is 14.3 Å². The van der Waals surface area contributed by atoms with Crippen LogP contribution in [0.5, 0.6) is 0 Å². The molecule has 0 aliphatic carbocycles. The number of hydrogen-bond acceptors (Lipinski definition) is 5. The van der Waals surface area contributed by atoms with Crippen LogP contribution in [0.4, 0.5) is 10.5 Å². The molecule has 0 saturated heterocycles. The number of alkyl carbamates (subject to hydrolysis) is 1. The van der Waals surface area contributed by atoms with Crippen LogP contribution in [0.3, 0.4) is 0 Å². The first kappa shape index (κ1) is 28.0. The van der Waals surface area contributed by atoms with Crippen molar-refractivity contribution >= 4 is 23.6 Å². The van der Waals surface area contributed by atoms with Crippen LogP contribution in [0.1, 0.15) is 49.1 Å². The van der Waals surface area contributed by atoms with Gasteiger partial charge in [-0.25, -0.2) is 4.79 Å². The van der Waals surface area contributed by atoms with Gasteiger partial charge in [-0.1, -0.05) is 42.7 Å². The molecule has 2 aromatic carbocycles. The summed E-state index contributed by atoms with van der Waals surface area (Å²) in [4.78, 5) is 40.0. The maximum atomic E-state index is 13.6. The number of terminal acetylenes is 2. The van der Waals surface area contributed by atoms with Gasteiger partial charge in [0.2, 0.25) is 0 Å². The van der Waals surface area contributed by atoms with Crippen molar-refractivity contribution in [1.29, 1.82) is 0 Å². The van der Waals surface area contributed by atoms with E-state index in [1.165, 1.54) is 0 Å². The molecule has 2 atom stereocenters. The van der Waals surface area contributed by atoms with E-state index in [1.54, 1.807) is 45.0 Å². The number of aryl methyl sites for hydroxylation is 2. The van der Waals surface area contributed by atoms with E-state index >= 15 is 0 Å². The first-order chi connectivity index (χ1) is 16.9. The van der Waals surface area contributed by atoms with E-state index in [0.29, 0.717) is 16.8 Å². The lowest BCUT2D eigenvalue weighted by Crippen LogP contribution is -2.52. The summed E-state index contributed by atoms with van der Waals surface area (Å²) in [5.74, 6) is 1.05. The second-order valence-corrected chi connectivity index (χ2v) is 9.14. The smallest absolute Gasteiger partial charge is 0.408 e. The number of amides is 3. The number of aliphatic hydroxyl groups is 1. The Morgan fingerprint density at radius 2 is 1.64 bits per heavy atom. The van der Waals surface area contributed by atoms with Gasteiger partial charge in [0.15, 0.2) is 0 Å². The Morgan fingerprint density at radius 1 is 1.06 bits per heavy atom. The molecular weight excluding hydrogens is 458 g/mol. The maximum absolute atomic E-state index is 13.6. The molecule has 36 heavy (non-hydrogen) atoms. The number of rotatable bonds is 7. The van der Waals surface area contributed by atoms with Gasteiger partial charge in [-0.15, -0.1) is 6.42 Å². The van der Waals surface area contributed by atoms with Crippen LogP contribution in [0.25, 0.3) is 0 Å². The van der Waals surface area contributed by atoms with Crippen LogP contribution in [0, 0.1) is 38.7 Å². The molecule has 0 spiro atoms. The van der Waals surface area contributed by atoms with Gasteiger partial charge in [-0.3, -0.25) is 14.5 Å². The monoisotopic (exact) mass is 489 g/mol. The van der Waals surface area contributed by atoms with E-state index in [-0.39, 0.29) is 0 Å². The molecule has 8 heteroatoms. The van der Waals surface area contributed by atoms with Gasteiger partial charge in [0, 0.05) is 17.3 Å². The van der Waals surface area contributed by atoms with Crippen molar-refractivity contribution in [2.45, 2.75) is 52.3 Å². The third-order valence-electron chi connectivity index (χ3n) is 5.18. The minimum atomic E-state index is -1.45. The Labute approximate surface area is 212 Å². The molecule has 0 bridgehead atoms. The molecule has 2 rings (SSSR count). The molecule has 3 N–H and O–H groups in total. The SMILES string of the molecule is C#Cc1ccc(C(C(=O)Nc2c(C)cccc2C)N(C#C)C(=O)C(CO)NC(=O)OC(C)(C)C)cc1. The fraction of sp³-hybridized carbons (Fsp3) is 0.321. The number of carbonyl (C=O) groups is 3. The van der Waals surface area contributed by atoms with Gasteiger partial charge in [-0.05, 0) is 63.4 Å². The van der Waals surface area contributed by atoms with Crippen LogP contribution >= 0.6 is 0 Å². The minimum Gasteiger partial charge on any atom is -0.444 e. The van der Waals surface area contributed by atoms with Gasteiger partial charge >= 0.3 is 6.09 Å². The fourth-order valence-corrected chi connectivity index (χ4v) is 3.45.